The number of methoxy groups -OCH3 is 1. The molecule has 1 amide bonds. The van der Waals surface area contributed by atoms with Crippen LogP contribution in [0.15, 0.2) is 54.6 Å². The van der Waals surface area contributed by atoms with Crippen molar-refractivity contribution in [1.82, 2.24) is 14.8 Å². The van der Waals surface area contributed by atoms with Gasteiger partial charge in [-0.15, -0.1) is 0 Å². The first kappa shape index (κ1) is 24.6. The van der Waals surface area contributed by atoms with Gasteiger partial charge < -0.3 is 10.1 Å². The number of fused-ring (bicyclic) bond motifs is 1. The highest BCUT2D eigenvalue weighted by molar-refractivity contribution is 7.91. The van der Waals surface area contributed by atoms with E-state index in [0.29, 0.717) is 40.1 Å². The van der Waals surface area contributed by atoms with E-state index in [1.165, 1.54) is 7.11 Å². The van der Waals surface area contributed by atoms with Gasteiger partial charge in [-0.05, 0) is 38.5 Å². The minimum atomic E-state index is -3.16. The van der Waals surface area contributed by atoms with E-state index in [1.807, 2.05) is 31.2 Å². The Hall–Kier alpha value is -4.05. The van der Waals surface area contributed by atoms with Gasteiger partial charge in [0.25, 0.3) is 5.91 Å². The molecule has 1 unspecified atom stereocenters. The first-order valence-electron chi connectivity index (χ1n) is 11.8. The summed E-state index contributed by atoms with van der Waals surface area (Å²) in [4.78, 5) is 30.8. The fourth-order valence-corrected chi connectivity index (χ4v) is 6.35. The predicted octanol–water partition coefficient (Wildman–Crippen LogP) is 4.11. The van der Waals surface area contributed by atoms with Crippen molar-refractivity contribution in [2.45, 2.75) is 26.3 Å². The number of hydrogen-bond donors (Lipinski definition) is 1. The highest BCUT2D eigenvalue weighted by atomic mass is 32.2. The summed E-state index contributed by atoms with van der Waals surface area (Å²) in [6, 6.07) is 15.7. The molecule has 2 aromatic carbocycles. The van der Waals surface area contributed by atoms with Gasteiger partial charge in [-0.1, -0.05) is 42.0 Å². The van der Waals surface area contributed by atoms with Crippen LogP contribution in [0.2, 0.25) is 0 Å². The van der Waals surface area contributed by atoms with Crippen LogP contribution in [0.5, 0.6) is 0 Å². The highest BCUT2D eigenvalue weighted by Crippen LogP contribution is 2.32. The average Bonchev–Trinajstić information content (AvgIpc) is 3.42. The van der Waals surface area contributed by atoms with Crippen molar-refractivity contribution in [2.75, 3.05) is 23.9 Å². The maximum Gasteiger partial charge on any atom is 0.339 e. The number of esters is 1. The number of carbonyl (C=O) groups is 2. The molecule has 1 aliphatic heterocycles. The van der Waals surface area contributed by atoms with Gasteiger partial charge in [0.15, 0.2) is 15.5 Å². The lowest BCUT2D eigenvalue weighted by Gasteiger charge is -2.13. The summed E-state index contributed by atoms with van der Waals surface area (Å²) in [5.41, 5.74) is 4.32. The molecule has 0 radical (unpaired) electrons. The summed E-state index contributed by atoms with van der Waals surface area (Å²) in [6.45, 7) is 3.76. The topological polar surface area (TPSA) is 120 Å². The average molecular weight is 519 g/mol. The van der Waals surface area contributed by atoms with E-state index in [2.05, 4.69) is 10.4 Å². The van der Waals surface area contributed by atoms with Crippen LogP contribution in [0.3, 0.4) is 0 Å². The lowest BCUT2D eigenvalue weighted by atomic mass is 10.0. The Morgan fingerprint density at radius 3 is 2.46 bits per heavy atom. The van der Waals surface area contributed by atoms with Gasteiger partial charge in [-0.2, -0.15) is 5.10 Å². The smallest absolute Gasteiger partial charge is 0.339 e. The summed E-state index contributed by atoms with van der Waals surface area (Å²) in [7, 11) is -1.88. The van der Waals surface area contributed by atoms with Crippen molar-refractivity contribution < 1.29 is 22.7 Å². The number of benzene rings is 2. The number of nitrogens with one attached hydrogen (secondary N) is 1. The first-order valence-corrected chi connectivity index (χ1v) is 13.6. The molecule has 1 aliphatic rings. The van der Waals surface area contributed by atoms with E-state index in [-0.39, 0.29) is 23.1 Å². The Balaban J connectivity index is 1.67. The highest BCUT2D eigenvalue weighted by Gasteiger charge is 2.32. The Bertz CT molecular complexity index is 1640. The van der Waals surface area contributed by atoms with Gasteiger partial charge in [-0.25, -0.2) is 22.9 Å². The Labute approximate surface area is 214 Å². The molecule has 0 bridgehead atoms. The van der Waals surface area contributed by atoms with E-state index in [0.717, 1.165) is 11.1 Å². The predicted molar refractivity (Wildman–Crippen MR) is 140 cm³/mol. The summed E-state index contributed by atoms with van der Waals surface area (Å²) < 4.78 is 30.9. The SMILES string of the molecule is COC(=O)c1ccccc1NC(=O)c1cc(-c2ccc(C)cc2)nc2c1c(C)nn2C1CCS(=O)(=O)C1. The van der Waals surface area contributed by atoms with Gasteiger partial charge in [0.1, 0.15) is 0 Å². The fraction of sp³-hybridized carbons (Fsp3) is 0.259. The zero-order chi connectivity index (χ0) is 26.3. The number of aromatic nitrogens is 3. The first-order chi connectivity index (χ1) is 17.7. The van der Waals surface area contributed by atoms with Crippen LogP contribution in [-0.4, -0.2) is 53.7 Å². The third-order valence-electron chi connectivity index (χ3n) is 6.56. The lowest BCUT2D eigenvalue weighted by Crippen LogP contribution is -2.17. The van der Waals surface area contributed by atoms with Crippen molar-refractivity contribution in [3.63, 3.8) is 0 Å². The number of sulfone groups is 1. The van der Waals surface area contributed by atoms with Crippen molar-refractivity contribution in [2.24, 2.45) is 0 Å². The number of hydrogen-bond acceptors (Lipinski definition) is 7. The molecular formula is C27H26N4O5S. The van der Waals surface area contributed by atoms with Gasteiger partial charge in [0.2, 0.25) is 0 Å². The maximum atomic E-state index is 13.7. The number of pyridine rings is 1. The normalized spacial score (nSPS) is 16.6. The Morgan fingerprint density at radius 2 is 1.78 bits per heavy atom. The van der Waals surface area contributed by atoms with E-state index in [4.69, 9.17) is 9.72 Å². The Kier molecular flexibility index (Phi) is 6.28. The van der Waals surface area contributed by atoms with Crippen LogP contribution >= 0.6 is 0 Å². The molecular weight excluding hydrogens is 492 g/mol. The number of para-hydroxylation sites is 1. The second-order valence-corrected chi connectivity index (χ2v) is 11.4. The number of amides is 1. The second-order valence-electron chi connectivity index (χ2n) is 9.20. The molecule has 190 valence electrons. The minimum Gasteiger partial charge on any atom is -0.465 e. The van der Waals surface area contributed by atoms with Crippen LogP contribution in [0.25, 0.3) is 22.3 Å². The molecule has 0 spiro atoms. The fourth-order valence-electron chi connectivity index (χ4n) is 4.66. The van der Waals surface area contributed by atoms with Crippen molar-refractivity contribution in [3.8, 4) is 11.3 Å². The van der Waals surface area contributed by atoms with Gasteiger partial charge in [0.05, 0.1) is 58.2 Å². The van der Waals surface area contributed by atoms with Gasteiger partial charge in [-0.3, -0.25) is 4.79 Å². The molecule has 0 saturated carbocycles. The van der Waals surface area contributed by atoms with Crippen molar-refractivity contribution in [1.29, 1.82) is 0 Å². The number of carbonyl (C=O) groups excluding carboxylic acids is 2. The van der Waals surface area contributed by atoms with Crippen LogP contribution in [-0.2, 0) is 14.6 Å². The van der Waals surface area contributed by atoms with Crippen LogP contribution < -0.4 is 5.32 Å². The molecule has 0 aliphatic carbocycles. The standard InChI is InChI=1S/C27H26N4O5S/c1-16-8-10-18(11-9-16)23-14-21(26(32)29-22-7-5-4-6-20(22)27(33)36-3)24-17(2)30-31(25(24)28-23)19-12-13-37(34,35)15-19/h4-11,14,19H,12-13,15H2,1-3H3,(H,29,32). The molecule has 1 fully saturated rings. The number of ether oxygens (including phenoxy) is 1. The molecule has 3 heterocycles. The minimum absolute atomic E-state index is 0.0201. The van der Waals surface area contributed by atoms with Crippen LogP contribution in [0.4, 0.5) is 5.69 Å². The number of anilines is 1. The largest absolute Gasteiger partial charge is 0.465 e. The summed E-state index contributed by atoms with van der Waals surface area (Å²) in [5.74, 6) is -0.942. The summed E-state index contributed by atoms with van der Waals surface area (Å²) >= 11 is 0. The number of aryl methyl sites for hydroxylation is 2. The second kappa shape index (κ2) is 9.44. The monoisotopic (exact) mass is 518 g/mol. The molecule has 1 N–H and O–H groups in total. The molecule has 1 saturated heterocycles. The van der Waals surface area contributed by atoms with E-state index >= 15 is 0 Å². The van der Waals surface area contributed by atoms with E-state index in [1.54, 1.807) is 41.9 Å². The number of rotatable bonds is 5. The van der Waals surface area contributed by atoms with Gasteiger partial charge >= 0.3 is 5.97 Å². The van der Waals surface area contributed by atoms with Crippen LogP contribution in [0.1, 0.15) is 44.4 Å². The lowest BCUT2D eigenvalue weighted by molar-refractivity contribution is 0.0602. The zero-order valence-electron chi connectivity index (χ0n) is 20.7. The maximum absolute atomic E-state index is 13.7. The van der Waals surface area contributed by atoms with E-state index < -0.39 is 21.7 Å². The zero-order valence-corrected chi connectivity index (χ0v) is 21.5. The molecule has 2 aromatic heterocycles. The molecule has 10 heteroatoms. The summed E-state index contributed by atoms with van der Waals surface area (Å²) in [6.07, 6.45) is 0.434. The third-order valence-corrected chi connectivity index (χ3v) is 8.31. The molecule has 9 nitrogen and oxygen atoms in total. The quantitative estimate of drug-likeness (QED) is 0.395. The molecule has 5 rings (SSSR count). The Morgan fingerprint density at radius 1 is 1.05 bits per heavy atom. The van der Waals surface area contributed by atoms with E-state index in [9.17, 15) is 18.0 Å². The molecule has 37 heavy (non-hydrogen) atoms. The van der Waals surface area contributed by atoms with Crippen molar-refractivity contribution in [3.05, 3.63) is 77.0 Å². The number of nitrogens with zero attached hydrogens (tertiary/aromatic N) is 3. The van der Waals surface area contributed by atoms with Gasteiger partial charge in [0, 0.05) is 5.56 Å². The van der Waals surface area contributed by atoms with Crippen molar-refractivity contribution >= 4 is 38.4 Å². The summed E-state index contributed by atoms with van der Waals surface area (Å²) in [5, 5.41) is 8.01. The molecule has 4 aromatic rings. The molecule has 1 atom stereocenters. The van der Waals surface area contributed by atoms with Crippen LogP contribution in [0, 0.1) is 13.8 Å². The third kappa shape index (κ3) is 4.72.